The molecule has 1 fully saturated rings. The van der Waals surface area contributed by atoms with Crippen molar-refractivity contribution in [1.29, 1.82) is 0 Å². The van der Waals surface area contributed by atoms with Gasteiger partial charge in [-0.05, 0) is 50.1 Å². The van der Waals surface area contributed by atoms with E-state index in [9.17, 15) is 13.2 Å². The van der Waals surface area contributed by atoms with Gasteiger partial charge in [0, 0.05) is 25.3 Å². The molecule has 0 radical (unpaired) electrons. The molecule has 1 heterocycles. The standard InChI is InChI=1S/C16H24N2O4S/c1-23(20,21)15-7-5-14(6-8-15)22-11-3-2-4-16(19)18-13-9-10-17-12-13/h5-8,13,17H,2-4,9-12H2,1H3,(H,18,19). The van der Waals surface area contributed by atoms with E-state index in [4.69, 9.17) is 4.74 Å². The number of nitrogens with one attached hydrogen (secondary N) is 2. The summed E-state index contributed by atoms with van der Waals surface area (Å²) in [5, 5.41) is 6.22. The molecule has 0 aliphatic carbocycles. The fourth-order valence-corrected chi connectivity index (χ4v) is 3.07. The number of benzene rings is 1. The maximum Gasteiger partial charge on any atom is 0.220 e. The number of hydrogen-bond acceptors (Lipinski definition) is 5. The molecule has 128 valence electrons. The van der Waals surface area contributed by atoms with Gasteiger partial charge in [-0.15, -0.1) is 0 Å². The second-order valence-electron chi connectivity index (χ2n) is 5.81. The molecule has 23 heavy (non-hydrogen) atoms. The van der Waals surface area contributed by atoms with Gasteiger partial charge in [0.15, 0.2) is 9.84 Å². The third-order valence-corrected chi connectivity index (χ3v) is 4.87. The van der Waals surface area contributed by atoms with E-state index in [1.54, 1.807) is 12.1 Å². The van der Waals surface area contributed by atoms with E-state index in [1.165, 1.54) is 18.4 Å². The Hall–Kier alpha value is -1.60. The molecule has 0 saturated carbocycles. The summed E-state index contributed by atoms with van der Waals surface area (Å²) < 4.78 is 28.2. The van der Waals surface area contributed by atoms with Gasteiger partial charge in [0.2, 0.25) is 5.91 Å². The lowest BCUT2D eigenvalue weighted by Crippen LogP contribution is -2.36. The predicted octanol–water partition coefficient (Wildman–Crippen LogP) is 1.12. The maximum absolute atomic E-state index is 11.7. The van der Waals surface area contributed by atoms with E-state index in [0.717, 1.165) is 32.4 Å². The van der Waals surface area contributed by atoms with Crippen molar-refractivity contribution < 1.29 is 17.9 Å². The summed E-state index contributed by atoms with van der Waals surface area (Å²) in [4.78, 5) is 12.0. The van der Waals surface area contributed by atoms with Gasteiger partial charge in [-0.2, -0.15) is 0 Å². The Morgan fingerprint density at radius 2 is 2.04 bits per heavy atom. The zero-order valence-corrected chi connectivity index (χ0v) is 14.2. The Bertz CT molecular complexity index is 607. The van der Waals surface area contributed by atoms with E-state index >= 15 is 0 Å². The molecule has 0 aromatic heterocycles. The molecule has 1 aliphatic heterocycles. The van der Waals surface area contributed by atoms with Gasteiger partial charge in [-0.1, -0.05) is 0 Å². The lowest BCUT2D eigenvalue weighted by atomic mass is 10.2. The second-order valence-corrected chi connectivity index (χ2v) is 7.82. The van der Waals surface area contributed by atoms with Gasteiger partial charge in [0.25, 0.3) is 0 Å². The summed E-state index contributed by atoms with van der Waals surface area (Å²) in [6, 6.07) is 6.64. The molecular formula is C16H24N2O4S. The van der Waals surface area contributed by atoms with Crippen LogP contribution in [-0.2, 0) is 14.6 Å². The van der Waals surface area contributed by atoms with Crippen LogP contribution in [0.2, 0.25) is 0 Å². The van der Waals surface area contributed by atoms with Gasteiger partial charge in [0.05, 0.1) is 11.5 Å². The molecule has 1 atom stereocenters. The smallest absolute Gasteiger partial charge is 0.220 e. The third-order valence-electron chi connectivity index (χ3n) is 3.74. The lowest BCUT2D eigenvalue weighted by molar-refractivity contribution is -0.121. The van der Waals surface area contributed by atoms with Gasteiger partial charge in [-0.25, -0.2) is 8.42 Å². The van der Waals surface area contributed by atoms with Gasteiger partial charge in [0.1, 0.15) is 5.75 Å². The topological polar surface area (TPSA) is 84.5 Å². The van der Waals surface area contributed by atoms with Crippen LogP contribution in [0.1, 0.15) is 25.7 Å². The first kappa shape index (κ1) is 17.7. The number of carbonyl (C=O) groups excluding carboxylic acids is 1. The number of amides is 1. The first-order valence-corrected chi connectivity index (χ1v) is 9.77. The van der Waals surface area contributed by atoms with Crippen molar-refractivity contribution in [1.82, 2.24) is 10.6 Å². The Morgan fingerprint density at radius 3 is 2.65 bits per heavy atom. The van der Waals surface area contributed by atoms with Crippen LogP contribution in [0.15, 0.2) is 29.2 Å². The minimum absolute atomic E-state index is 0.0937. The zero-order valence-electron chi connectivity index (χ0n) is 13.4. The highest BCUT2D eigenvalue weighted by molar-refractivity contribution is 7.90. The lowest BCUT2D eigenvalue weighted by Gasteiger charge is -2.11. The average Bonchev–Trinajstić information content (AvgIpc) is 2.99. The maximum atomic E-state index is 11.7. The van der Waals surface area contributed by atoms with Crippen LogP contribution in [0, 0.1) is 0 Å². The fraction of sp³-hybridized carbons (Fsp3) is 0.562. The van der Waals surface area contributed by atoms with E-state index in [1.807, 2.05) is 0 Å². The highest BCUT2D eigenvalue weighted by Gasteiger charge is 2.16. The highest BCUT2D eigenvalue weighted by atomic mass is 32.2. The molecule has 0 spiro atoms. The van der Waals surface area contributed by atoms with Crippen LogP contribution >= 0.6 is 0 Å². The first-order chi connectivity index (χ1) is 10.9. The SMILES string of the molecule is CS(=O)(=O)c1ccc(OCCCCC(=O)NC2CCNC2)cc1. The van der Waals surface area contributed by atoms with E-state index in [0.29, 0.717) is 18.8 Å². The van der Waals surface area contributed by atoms with Crippen molar-refractivity contribution in [2.24, 2.45) is 0 Å². The Balaban J connectivity index is 1.60. The summed E-state index contributed by atoms with van der Waals surface area (Å²) in [5.74, 6) is 0.732. The molecule has 1 aromatic rings. The summed E-state index contributed by atoms with van der Waals surface area (Å²) in [5.41, 5.74) is 0. The van der Waals surface area contributed by atoms with E-state index in [2.05, 4.69) is 10.6 Å². The van der Waals surface area contributed by atoms with Crippen molar-refractivity contribution >= 4 is 15.7 Å². The number of sulfone groups is 1. The zero-order chi connectivity index (χ0) is 16.7. The van der Waals surface area contributed by atoms with E-state index < -0.39 is 9.84 Å². The number of rotatable bonds is 8. The molecular weight excluding hydrogens is 316 g/mol. The van der Waals surface area contributed by atoms with Gasteiger partial charge >= 0.3 is 0 Å². The van der Waals surface area contributed by atoms with E-state index in [-0.39, 0.29) is 16.8 Å². The monoisotopic (exact) mass is 340 g/mol. The highest BCUT2D eigenvalue weighted by Crippen LogP contribution is 2.16. The van der Waals surface area contributed by atoms with Crippen molar-refractivity contribution in [2.75, 3.05) is 26.0 Å². The van der Waals surface area contributed by atoms with Gasteiger partial charge in [-0.3, -0.25) is 4.79 Å². The summed E-state index contributed by atoms with van der Waals surface area (Å²) in [7, 11) is -3.17. The average molecular weight is 340 g/mol. The summed E-state index contributed by atoms with van der Waals surface area (Å²) in [6.07, 6.45) is 4.23. The Kier molecular flexibility index (Phi) is 6.41. The van der Waals surface area contributed by atoms with Crippen LogP contribution < -0.4 is 15.4 Å². The number of unbranched alkanes of at least 4 members (excludes halogenated alkanes) is 1. The molecule has 0 bridgehead atoms. The second kappa shape index (κ2) is 8.31. The molecule has 7 heteroatoms. The molecule has 2 N–H and O–H groups in total. The van der Waals surface area contributed by atoms with Gasteiger partial charge < -0.3 is 15.4 Å². The van der Waals surface area contributed by atoms with Crippen LogP contribution in [-0.4, -0.2) is 46.3 Å². The predicted molar refractivity (Wildman–Crippen MR) is 88.3 cm³/mol. The van der Waals surface area contributed by atoms with Crippen molar-refractivity contribution in [2.45, 2.75) is 36.6 Å². The number of hydrogen-bond donors (Lipinski definition) is 2. The largest absolute Gasteiger partial charge is 0.494 e. The normalized spacial score (nSPS) is 17.9. The fourth-order valence-electron chi connectivity index (χ4n) is 2.44. The molecule has 1 unspecified atom stereocenters. The van der Waals surface area contributed by atoms with Crippen LogP contribution in [0.4, 0.5) is 0 Å². The Morgan fingerprint density at radius 1 is 1.30 bits per heavy atom. The van der Waals surface area contributed by atoms with Crippen molar-refractivity contribution in [3.8, 4) is 5.75 Å². The summed E-state index contributed by atoms with van der Waals surface area (Å²) in [6.45, 7) is 2.34. The third kappa shape index (κ3) is 6.19. The quantitative estimate of drug-likeness (QED) is 0.693. The number of ether oxygens (including phenoxy) is 1. The van der Waals surface area contributed by atoms with Crippen LogP contribution in [0.25, 0.3) is 0 Å². The molecule has 6 nitrogen and oxygen atoms in total. The van der Waals surface area contributed by atoms with Crippen LogP contribution in [0.5, 0.6) is 5.75 Å². The van der Waals surface area contributed by atoms with Crippen molar-refractivity contribution in [3.05, 3.63) is 24.3 Å². The summed E-state index contributed by atoms with van der Waals surface area (Å²) >= 11 is 0. The Labute approximate surface area is 137 Å². The molecule has 1 amide bonds. The van der Waals surface area contributed by atoms with Crippen molar-refractivity contribution in [3.63, 3.8) is 0 Å². The molecule has 2 rings (SSSR count). The first-order valence-electron chi connectivity index (χ1n) is 7.88. The minimum atomic E-state index is -3.17. The minimum Gasteiger partial charge on any atom is -0.494 e. The van der Waals surface area contributed by atoms with Crippen LogP contribution in [0.3, 0.4) is 0 Å². The molecule has 1 aliphatic rings. The molecule has 1 aromatic carbocycles. The molecule has 1 saturated heterocycles. The number of carbonyl (C=O) groups is 1.